The summed E-state index contributed by atoms with van der Waals surface area (Å²) in [5.41, 5.74) is 0.992. The minimum Gasteiger partial charge on any atom is -0.497 e. The first kappa shape index (κ1) is 19.6. The Hall–Kier alpha value is -1.46. The number of carbonyl (C=O) groups excluding carboxylic acids is 1. The standard InChI is InChI=1S/C17H26N2O3.ClH/c1-12-15(5-4-10-18-12)19-17(20)9-6-13-11-14(21-2)7-8-16(13)22-3;/h7-8,11-12,15,18H,4-6,9-10H2,1-3H3,(H,19,20);1H. The molecule has 2 unspecified atom stereocenters. The van der Waals surface area contributed by atoms with Crippen LogP contribution in [0, 0.1) is 0 Å². The quantitative estimate of drug-likeness (QED) is 0.833. The predicted molar refractivity (Wildman–Crippen MR) is 93.7 cm³/mol. The summed E-state index contributed by atoms with van der Waals surface area (Å²) in [5, 5.41) is 6.52. The molecule has 0 saturated carbocycles. The van der Waals surface area contributed by atoms with E-state index in [4.69, 9.17) is 9.47 Å². The van der Waals surface area contributed by atoms with Crippen molar-refractivity contribution < 1.29 is 14.3 Å². The molecule has 5 nitrogen and oxygen atoms in total. The number of halogens is 1. The van der Waals surface area contributed by atoms with Crippen LogP contribution in [0.3, 0.4) is 0 Å². The molecule has 6 heteroatoms. The number of piperidine rings is 1. The summed E-state index contributed by atoms with van der Waals surface area (Å²) in [6.45, 7) is 3.16. The zero-order valence-electron chi connectivity index (χ0n) is 14.1. The minimum atomic E-state index is 0. The first-order chi connectivity index (χ1) is 10.6. The number of hydrogen-bond acceptors (Lipinski definition) is 4. The SMILES string of the molecule is COc1ccc(OC)c(CCC(=O)NC2CCCNC2C)c1.Cl. The molecule has 0 aromatic heterocycles. The maximum Gasteiger partial charge on any atom is 0.220 e. The molecule has 130 valence electrons. The van der Waals surface area contributed by atoms with E-state index < -0.39 is 0 Å². The van der Waals surface area contributed by atoms with Crippen molar-refractivity contribution in [3.8, 4) is 11.5 Å². The molecule has 1 amide bonds. The highest BCUT2D eigenvalue weighted by atomic mass is 35.5. The highest BCUT2D eigenvalue weighted by molar-refractivity contribution is 5.85. The lowest BCUT2D eigenvalue weighted by Crippen LogP contribution is -2.51. The van der Waals surface area contributed by atoms with Gasteiger partial charge in [0.15, 0.2) is 0 Å². The largest absolute Gasteiger partial charge is 0.497 e. The number of carbonyl (C=O) groups is 1. The van der Waals surface area contributed by atoms with Crippen LogP contribution < -0.4 is 20.1 Å². The number of hydrogen-bond donors (Lipinski definition) is 2. The normalized spacial score (nSPS) is 20.3. The van der Waals surface area contributed by atoms with Gasteiger partial charge in [-0.15, -0.1) is 12.4 Å². The van der Waals surface area contributed by atoms with Gasteiger partial charge in [0.1, 0.15) is 11.5 Å². The van der Waals surface area contributed by atoms with Gasteiger partial charge in [0.2, 0.25) is 5.91 Å². The van der Waals surface area contributed by atoms with E-state index >= 15 is 0 Å². The van der Waals surface area contributed by atoms with Crippen LogP contribution in [0.5, 0.6) is 11.5 Å². The van der Waals surface area contributed by atoms with Gasteiger partial charge in [-0.3, -0.25) is 4.79 Å². The van der Waals surface area contributed by atoms with E-state index in [0.29, 0.717) is 18.9 Å². The van der Waals surface area contributed by atoms with Gasteiger partial charge in [-0.1, -0.05) is 0 Å². The van der Waals surface area contributed by atoms with Gasteiger partial charge in [-0.05, 0) is 56.5 Å². The topological polar surface area (TPSA) is 59.6 Å². The number of methoxy groups -OCH3 is 2. The predicted octanol–water partition coefficient (Wildman–Crippen LogP) is 2.31. The molecule has 1 saturated heterocycles. The van der Waals surface area contributed by atoms with Gasteiger partial charge in [0, 0.05) is 18.5 Å². The fraction of sp³-hybridized carbons (Fsp3) is 0.588. The second-order valence-electron chi connectivity index (χ2n) is 5.74. The third-order valence-corrected chi connectivity index (χ3v) is 4.22. The molecule has 23 heavy (non-hydrogen) atoms. The Morgan fingerprint density at radius 2 is 2.13 bits per heavy atom. The maximum atomic E-state index is 12.2. The van der Waals surface area contributed by atoms with Crippen molar-refractivity contribution in [2.45, 2.75) is 44.7 Å². The Bertz CT molecular complexity index is 511. The van der Waals surface area contributed by atoms with Gasteiger partial charge in [-0.2, -0.15) is 0 Å². The molecule has 1 aromatic rings. The zero-order chi connectivity index (χ0) is 15.9. The van der Waals surface area contributed by atoms with E-state index in [9.17, 15) is 4.79 Å². The second-order valence-corrected chi connectivity index (χ2v) is 5.74. The van der Waals surface area contributed by atoms with E-state index in [2.05, 4.69) is 17.6 Å². The van der Waals surface area contributed by atoms with Crippen molar-refractivity contribution in [3.05, 3.63) is 23.8 Å². The van der Waals surface area contributed by atoms with Crippen molar-refractivity contribution in [1.82, 2.24) is 10.6 Å². The van der Waals surface area contributed by atoms with Crippen molar-refractivity contribution in [2.24, 2.45) is 0 Å². The molecule has 2 N–H and O–H groups in total. The third-order valence-electron chi connectivity index (χ3n) is 4.22. The van der Waals surface area contributed by atoms with Crippen LogP contribution in [0.1, 0.15) is 31.7 Å². The summed E-state index contributed by atoms with van der Waals surface area (Å²) in [5.74, 6) is 1.66. The molecule has 0 radical (unpaired) electrons. The summed E-state index contributed by atoms with van der Waals surface area (Å²) < 4.78 is 10.6. The Balaban J connectivity index is 0.00000264. The fourth-order valence-electron chi connectivity index (χ4n) is 2.85. The molecule has 1 aromatic carbocycles. The van der Waals surface area contributed by atoms with Crippen molar-refractivity contribution in [2.75, 3.05) is 20.8 Å². The van der Waals surface area contributed by atoms with Crippen LogP contribution in [0.15, 0.2) is 18.2 Å². The van der Waals surface area contributed by atoms with Gasteiger partial charge >= 0.3 is 0 Å². The number of benzene rings is 1. The lowest BCUT2D eigenvalue weighted by molar-refractivity contribution is -0.122. The highest BCUT2D eigenvalue weighted by Gasteiger charge is 2.22. The molecular weight excluding hydrogens is 316 g/mol. The third kappa shape index (κ3) is 5.59. The lowest BCUT2D eigenvalue weighted by Gasteiger charge is -2.30. The fourth-order valence-corrected chi connectivity index (χ4v) is 2.85. The maximum absolute atomic E-state index is 12.2. The van der Waals surface area contributed by atoms with Crippen LogP contribution in [0.25, 0.3) is 0 Å². The Kier molecular flexibility index (Phi) is 8.20. The number of ether oxygens (including phenoxy) is 2. The van der Waals surface area contributed by atoms with E-state index in [0.717, 1.165) is 36.4 Å². The van der Waals surface area contributed by atoms with Crippen LogP contribution in [-0.2, 0) is 11.2 Å². The molecule has 2 rings (SSSR count). The molecule has 2 atom stereocenters. The van der Waals surface area contributed by atoms with Gasteiger partial charge in [0.25, 0.3) is 0 Å². The van der Waals surface area contributed by atoms with E-state index in [1.807, 2.05) is 18.2 Å². The molecule has 0 bridgehead atoms. The van der Waals surface area contributed by atoms with Gasteiger partial charge in [-0.25, -0.2) is 0 Å². The molecule has 0 aliphatic carbocycles. The smallest absolute Gasteiger partial charge is 0.220 e. The number of aryl methyl sites for hydroxylation is 1. The molecule has 1 heterocycles. The van der Waals surface area contributed by atoms with Crippen LogP contribution in [-0.4, -0.2) is 38.8 Å². The van der Waals surface area contributed by atoms with Crippen molar-refractivity contribution >= 4 is 18.3 Å². The average Bonchev–Trinajstić information content (AvgIpc) is 2.54. The summed E-state index contributed by atoms with van der Waals surface area (Å²) in [6.07, 6.45) is 3.24. The first-order valence-corrected chi connectivity index (χ1v) is 7.87. The Morgan fingerprint density at radius 3 is 2.78 bits per heavy atom. The summed E-state index contributed by atoms with van der Waals surface area (Å²) in [7, 11) is 3.27. The molecular formula is C17H27ClN2O3. The highest BCUT2D eigenvalue weighted by Crippen LogP contribution is 2.25. The van der Waals surface area contributed by atoms with E-state index in [1.54, 1.807) is 14.2 Å². The number of amides is 1. The van der Waals surface area contributed by atoms with Gasteiger partial charge < -0.3 is 20.1 Å². The average molecular weight is 343 g/mol. The Morgan fingerprint density at radius 1 is 1.35 bits per heavy atom. The number of nitrogens with one attached hydrogen (secondary N) is 2. The van der Waals surface area contributed by atoms with E-state index in [1.165, 1.54) is 0 Å². The second kappa shape index (κ2) is 9.63. The van der Waals surface area contributed by atoms with Crippen LogP contribution >= 0.6 is 12.4 Å². The zero-order valence-corrected chi connectivity index (χ0v) is 14.9. The van der Waals surface area contributed by atoms with Crippen molar-refractivity contribution in [1.29, 1.82) is 0 Å². The lowest BCUT2D eigenvalue weighted by atomic mass is 9.99. The monoisotopic (exact) mass is 342 g/mol. The first-order valence-electron chi connectivity index (χ1n) is 7.87. The molecule has 1 fully saturated rings. The van der Waals surface area contributed by atoms with Gasteiger partial charge in [0.05, 0.1) is 14.2 Å². The molecule has 1 aliphatic rings. The van der Waals surface area contributed by atoms with Crippen LogP contribution in [0.4, 0.5) is 0 Å². The summed E-state index contributed by atoms with van der Waals surface area (Å²) in [6, 6.07) is 6.23. The molecule has 1 aliphatic heterocycles. The van der Waals surface area contributed by atoms with Crippen LogP contribution in [0.2, 0.25) is 0 Å². The summed E-state index contributed by atoms with van der Waals surface area (Å²) >= 11 is 0. The molecule has 0 spiro atoms. The summed E-state index contributed by atoms with van der Waals surface area (Å²) in [4.78, 5) is 12.2. The minimum absolute atomic E-state index is 0. The van der Waals surface area contributed by atoms with E-state index in [-0.39, 0.29) is 24.4 Å². The number of rotatable bonds is 6. The Labute approximate surface area is 144 Å². The van der Waals surface area contributed by atoms with Crippen molar-refractivity contribution in [3.63, 3.8) is 0 Å².